The van der Waals surface area contributed by atoms with Gasteiger partial charge in [0, 0.05) is 51.2 Å². The van der Waals surface area contributed by atoms with Crippen molar-refractivity contribution in [2.75, 3.05) is 22.9 Å². The number of esters is 1. The molecule has 0 aliphatic carbocycles. The first-order valence-corrected chi connectivity index (χ1v) is 9.85. The molecule has 6 nitrogen and oxygen atoms in total. The van der Waals surface area contributed by atoms with E-state index in [-0.39, 0.29) is 18.0 Å². The molecule has 0 unspecified atom stereocenters. The molecule has 0 N–H and O–H groups in total. The summed E-state index contributed by atoms with van der Waals surface area (Å²) in [6, 6.07) is 10.8. The third-order valence-electron chi connectivity index (χ3n) is 5.35. The minimum atomic E-state index is -0.578. The van der Waals surface area contributed by atoms with Crippen molar-refractivity contribution in [1.82, 2.24) is 4.98 Å². The Morgan fingerprint density at radius 3 is 2.57 bits per heavy atom. The summed E-state index contributed by atoms with van der Waals surface area (Å²) in [5, 5.41) is 0.611. The van der Waals surface area contributed by atoms with Crippen LogP contribution in [0.15, 0.2) is 42.6 Å². The van der Waals surface area contributed by atoms with E-state index in [1.54, 1.807) is 11.1 Å². The van der Waals surface area contributed by atoms with Gasteiger partial charge in [-0.3, -0.25) is 9.69 Å². The van der Waals surface area contributed by atoms with E-state index in [2.05, 4.69) is 9.88 Å². The second kappa shape index (κ2) is 7.80. The normalized spacial score (nSPS) is 19.4. The molecule has 1 saturated heterocycles. The van der Waals surface area contributed by atoms with Crippen LogP contribution < -0.4 is 9.80 Å². The van der Waals surface area contributed by atoms with Crippen LogP contribution in [0.4, 0.5) is 11.5 Å². The predicted octanol–water partition coefficient (Wildman–Crippen LogP) is 3.22. The Kier molecular flexibility index (Phi) is 5.22. The summed E-state index contributed by atoms with van der Waals surface area (Å²) >= 11 is 5.89. The molecule has 1 atom stereocenters. The third kappa shape index (κ3) is 3.69. The summed E-state index contributed by atoms with van der Waals surface area (Å²) in [4.78, 5) is 33.0. The van der Waals surface area contributed by atoms with Gasteiger partial charge in [-0.25, -0.2) is 9.78 Å². The van der Waals surface area contributed by atoms with E-state index in [1.165, 1.54) is 6.92 Å². The lowest BCUT2D eigenvalue weighted by atomic mass is 10.1. The predicted molar refractivity (Wildman–Crippen MR) is 108 cm³/mol. The fraction of sp³-hybridized carbons (Fsp3) is 0.381. The van der Waals surface area contributed by atoms with Gasteiger partial charge in [0.05, 0.1) is 5.02 Å². The lowest BCUT2D eigenvalue weighted by molar-refractivity contribution is -0.152. The second-order valence-corrected chi connectivity index (χ2v) is 7.63. The molecule has 2 aromatic rings. The molecule has 2 aliphatic rings. The van der Waals surface area contributed by atoms with Gasteiger partial charge in [0.1, 0.15) is 18.0 Å². The Morgan fingerprint density at radius 2 is 1.89 bits per heavy atom. The lowest BCUT2D eigenvalue weighted by Gasteiger charge is -2.33. The zero-order chi connectivity index (χ0) is 19.7. The van der Waals surface area contributed by atoms with Crippen molar-refractivity contribution in [3.63, 3.8) is 0 Å². The molecular formula is C21H22ClN3O3. The highest BCUT2D eigenvalue weighted by Crippen LogP contribution is 2.33. The maximum Gasteiger partial charge on any atom is 0.329 e. The number of ether oxygens (including phenoxy) is 1. The number of carbonyl (C=O) groups excluding carboxylic acids is 2. The van der Waals surface area contributed by atoms with Crippen LogP contribution in [0.5, 0.6) is 0 Å². The molecule has 1 aromatic heterocycles. The van der Waals surface area contributed by atoms with Crippen LogP contribution in [0.25, 0.3) is 0 Å². The van der Waals surface area contributed by atoms with Crippen molar-refractivity contribution in [3.8, 4) is 0 Å². The molecule has 1 amide bonds. The Balaban J connectivity index is 1.37. The van der Waals surface area contributed by atoms with Crippen molar-refractivity contribution in [3.05, 3.63) is 53.2 Å². The number of fused-ring (bicyclic) bond motifs is 1. The summed E-state index contributed by atoms with van der Waals surface area (Å²) in [5.41, 5.74) is 1.81. The molecule has 28 heavy (non-hydrogen) atoms. The van der Waals surface area contributed by atoms with Gasteiger partial charge >= 0.3 is 5.97 Å². The molecule has 1 fully saturated rings. The largest absolute Gasteiger partial charge is 0.461 e. The Hall–Kier alpha value is -2.60. The van der Waals surface area contributed by atoms with Gasteiger partial charge in [0.25, 0.3) is 0 Å². The number of nitrogens with zero attached hydrogens (tertiary/aromatic N) is 3. The number of hydrogen-bond acceptors (Lipinski definition) is 5. The molecule has 4 rings (SSSR count). The minimum absolute atomic E-state index is 0.143. The third-order valence-corrected chi connectivity index (χ3v) is 5.57. The van der Waals surface area contributed by atoms with Crippen LogP contribution in [0.1, 0.15) is 25.3 Å². The van der Waals surface area contributed by atoms with Gasteiger partial charge < -0.3 is 9.64 Å². The Labute approximate surface area is 169 Å². The molecule has 3 heterocycles. The van der Waals surface area contributed by atoms with Crippen LogP contribution in [0, 0.1) is 0 Å². The number of anilines is 2. The number of pyridine rings is 1. The zero-order valence-electron chi connectivity index (χ0n) is 15.7. The Bertz CT molecular complexity index is 879. The fourth-order valence-corrected chi connectivity index (χ4v) is 4.08. The molecule has 0 spiro atoms. The van der Waals surface area contributed by atoms with E-state index in [4.69, 9.17) is 16.3 Å². The van der Waals surface area contributed by atoms with Gasteiger partial charge in [-0.05, 0) is 23.8 Å². The number of para-hydroxylation sites is 1. The molecule has 0 radical (unpaired) electrons. The van der Waals surface area contributed by atoms with E-state index in [9.17, 15) is 9.59 Å². The highest BCUT2D eigenvalue weighted by atomic mass is 35.5. The highest BCUT2D eigenvalue weighted by Gasteiger charge is 2.39. The molecule has 146 valence electrons. The number of amides is 1. The Morgan fingerprint density at radius 1 is 1.14 bits per heavy atom. The van der Waals surface area contributed by atoms with Gasteiger partial charge in [0.2, 0.25) is 5.91 Å². The molecule has 0 saturated carbocycles. The van der Waals surface area contributed by atoms with Crippen molar-refractivity contribution in [2.45, 2.75) is 38.3 Å². The van der Waals surface area contributed by atoms with Crippen LogP contribution in [-0.2, 0) is 20.7 Å². The van der Waals surface area contributed by atoms with Crippen LogP contribution in [-0.4, -0.2) is 42.1 Å². The van der Waals surface area contributed by atoms with E-state index >= 15 is 0 Å². The standard InChI is InChI=1S/C21H22ClN3O3/c1-14(26)25-18-5-3-2-4-15(18)12-19(25)21(27)28-17-8-10-24(11-9-17)20-7-6-16(22)13-23-20/h2-7,13,17,19H,8-12H2,1H3/t19-/m0/s1. The number of aromatic nitrogens is 1. The van der Waals surface area contributed by atoms with Crippen molar-refractivity contribution >= 4 is 35.0 Å². The average molecular weight is 400 g/mol. The summed E-state index contributed by atoms with van der Waals surface area (Å²) in [6.45, 7) is 3.00. The quantitative estimate of drug-likeness (QED) is 0.741. The van der Waals surface area contributed by atoms with Gasteiger partial charge in [-0.2, -0.15) is 0 Å². The number of rotatable bonds is 3. The molecule has 1 aromatic carbocycles. The number of benzene rings is 1. The van der Waals surface area contributed by atoms with E-state index in [1.807, 2.05) is 36.4 Å². The average Bonchev–Trinajstić information content (AvgIpc) is 3.09. The first-order valence-electron chi connectivity index (χ1n) is 9.47. The molecular weight excluding hydrogens is 378 g/mol. The second-order valence-electron chi connectivity index (χ2n) is 7.20. The minimum Gasteiger partial charge on any atom is -0.461 e. The summed E-state index contributed by atoms with van der Waals surface area (Å²) < 4.78 is 5.79. The lowest BCUT2D eigenvalue weighted by Crippen LogP contribution is -2.45. The van der Waals surface area contributed by atoms with Crippen LogP contribution in [0.3, 0.4) is 0 Å². The topological polar surface area (TPSA) is 62.7 Å². The number of halogens is 1. The first-order chi connectivity index (χ1) is 13.5. The summed E-state index contributed by atoms with van der Waals surface area (Å²) in [6.07, 6.45) is 3.46. The number of hydrogen-bond donors (Lipinski definition) is 0. The molecule has 0 bridgehead atoms. The van der Waals surface area contributed by atoms with Crippen LogP contribution >= 0.6 is 11.6 Å². The van der Waals surface area contributed by atoms with Crippen molar-refractivity contribution < 1.29 is 14.3 Å². The van der Waals surface area contributed by atoms with Crippen molar-refractivity contribution in [2.24, 2.45) is 0 Å². The number of piperidine rings is 1. The monoisotopic (exact) mass is 399 g/mol. The molecule has 7 heteroatoms. The van der Waals surface area contributed by atoms with Gasteiger partial charge in [0.15, 0.2) is 0 Å². The first kappa shape index (κ1) is 18.7. The van der Waals surface area contributed by atoms with Crippen molar-refractivity contribution in [1.29, 1.82) is 0 Å². The number of carbonyl (C=O) groups is 2. The maximum atomic E-state index is 12.8. The fourth-order valence-electron chi connectivity index (χ4n) is 3.96. The van der Waals surface area contributed by atoms with E-state index in [0.717, 1.165) is 43.0 Å². The summed E-state index contributed by atoms with van der Waals surface area (Å²) in [5.74, 6) is 0.410. The van der Waals surface area contributed by atoms with Crippen LogP contribution in [0.2, 0.25) is 5.02 Å². The highest BCUT2D eigenvalue weighted by molar-refractivity contribution is 6.30. The van der Waals surface area contributed by atoms with E-state index in [0.29, 0.717) is 11.4 Å². The summed E-state index contributed by atoms with van der Waals surface area (Å²) in [7, 11) is 0. The SMILES string of the molecule is CC(=O)N1c2ccccc2C[C@H]1C(=O)OC1CCN(c2ccc(Cl)cn2)CC1. The zero-order valence-corrected chi connectivity index (χ0v) is 16.4. The van der Waals surface area contributed by atoms with Gasteiger partial charge in [-0.15, -0.1) is 0 Å². The smallest absolute Gasteiger partial charge is 0.329 e. The van der Waals surface area contributed by atoms with Gasteiger partial charge in [-0.1, -0.05) is 29.8 Å². The maximum absolute atomic E-state index is 12.8. The van der Waals surface area contributed by atoms with E-state index < -0.39 is 6.04 Å². The molecule has 2 aliphatic heterocycles.